The molecule has 40 heavy (non-hydrogen) atoms. The lowest BCUT2D eigenvalue weighted by atomic mass is 9.87. The summed E-state index contributed by atoms with van der Waals surface area (Å²) in [6.07, 6.45) is 5.65. The first-order valence-electron chi connectivity index (χ1n) is 14.2. The largest absolute Gasteiger partial charge is 0.389 e. The fraction of sp³-hybridized carbons (Fsp3) is 0.516. The van der Waals surface area contributed by atoms with E-state index in [0.717, 1.165) is 53.9 Å². The minimum Gasteiger partial charge on any atom is -0.389 e. The molecule has 1 aliphatic rings. The van der Waals surface area contributed by atoms with Crippen molar-refractivity contribution in [1.82, 2.24) is 29.4 Å². The molecule has 1 aliphatic heterocycles. The van der Waals surface area contributed by atoms with Crippen molar-refractivity contribution >= 4 is 22.5 Å². The van der Waals surface area contributed by atoms with Crippen LogP contribution in [0.25, 0.3) is 27.8 Å². The van der Waals surface area contributed by atoms with Gasteiger partial charge in [0.1, 0.15) is 6.33 Å². The minimum atomic E-state index is -0.891. The number of pyridine rings is 1. The summed E-state index contributed by atoms with van der Waals surface area (Å²) in [7, 11) is 3.46. The highest BCUT2D eigenvalue weighted by molar-refractivity contribution is 5.92. The number of nitrogens with zero attached hydrogens (tertiary/aromatic N) is 5. The Morgan fingerprint density at radius 2 is 2.00 bits per heavy atom. The molecule has 0 radical (unpaired) electrons. The van der Waals surface area contributed by atoms with Gasteiger partial charge in [-0.25, -0.2) is 9.50 Å². The smallest absolute Gasteiger partial charge is 0.236 e. The third kappa shape index (κ3) is 5.92. The number of carbonyl (C=O) groups excluding carboxylic acids is 1. The van der Waals surface area contributed by atoms with Crippen LogP contribution in [0.2, 0.25) is 0 Å². The zero-order valence-electron chi connectivity index (χ0n) is 24.6. The SMILES string of the molecule is COCc1cc(-c2[nH]c3ccc(C4CCN(CC(=O)N(C)CC(C)(C)O)CC4)cc3c2C(C)C)cn2ncnc12. The van der Waals surface area contributed by atoms with E-state index in [1.54, 1.807) is 39.2 Å². The molecule has 1 fully saturated rings. The van der Waals surface area contributed by atoms with Crippen LogP contribution in [0.3, 0.4) is 0 Å². The molecule has 9 nitrogen and oxygen atoms in total. The van der Waals surface area contributed by atoms with Gasteiger partial charge in [-0.1, -0.05) is 19.9 Å². The van der Waals surface area contributed by atoms with E-state index in [1.807, 2.05) is 10.7 Å². The Bertz CT molecular complexity index is 1490. The van der Waals surface area contributed by atoms with Gasteiger partial charge in [-0.15, -0.1) is 0 Å². The van der Waals surface area contributed by atoms with E-state index in [4.69, 9.17) is 4.74 Å². The number of aromatic amines is 1. The molecule has 0 saturated carbocycles. The Labute approximate surface area is 236 Å². The summed E-state index contributed by atoms with van der Waals surface area (Å²) in [4.78, 5) is 24.7. The van der Waals surface area contributed by atoms with Gasteiger partial charge in [0, 0.05) is 48.9 Å². The number of H-pyrrole nitrogens is 1. The van der Waals surface area contributed by atoms with Crippen LogP contribution in [0.5, 0.6) is 0 Å². The molecule has 0 aliphatic carbocycles. The number of benzene rings is 1. The fourth-order valence-corrected chi connectivity index (χ4v) is 6.11. The molecule has 5 rings (SSSR count). The van der Waals surface area contributed by atoms with Gasteiger partial charge in [-0.05, 0) is 80.9 Å². The van der Waals surface area contributed by atoms with Crippen LogP contribution in [0.4, 0.5) is 0 Å². The van der Waals surface area contributed by atoms with E-state index in [9.17, 15) is 9.90 Å². The topological polar surface area (TPSA) is 99.0 Å². The third-order valence-corrected chi connectivity index (χ3v) is 7.95. The number of hydrogen-bond donors (Lipinski definition) is 2. The molecule has 9 heteroatoms. The highest BCUT2D eigenvalue weighted by Gasteiger charge is 2.26. The monoisotopic (exact) mass is 546 g/mol. The van der Waals surface area contributed by atoms with Gasteiger partial charge in [0.05, 0.1) is 24.4 Å². The zero-order valence-corrected chi connectivity index (χ0v) is 24.6. The van der Waals surface area contributed by atoms with E-state index in [-0.39, 0.29) is 5.91 Å². The number of rotatable bonds is 9. The van der Waals surface area contributed by atoms with Gasteiger partial charge in [0.25, 0.3) is 0 Å². The van der Waals surface area contributed by atoms with Gasteiger partial charge in [0.2, 0.25) is 5.91 Å². The maximum Gasteiger partial charge on any atom is 0.236 e. The molecule has 0 atom stereocenters. The van der Waals surface area contributed by atoms with Crippen LogP contribution in [-0.2, 0) is 16.1 Å². The van der Waals surface area contributed by atoms with Gasteiger partial charge >= 0.3 is 0 Å². The van der Waals surface area contributed by atoms with Gasteiger partial charge in [-0.3, -0.25) is 9.69 Å². The highest BCUT2D eigenvalue weighted by Crippen LogP contribution is 2.38. The molecule has 2 N–H and O–H groups in total. The van der Waals surface area contributed by atoms with Crippen LogP contribution in [0, 0.1) is 0 Å². The van der Waals surface area contributed by atoms with Gasteiger partial charge in [0.15, 0.2) is 5.65 Å². The first kappa shape index (κ1) is 28.3. The van der Waals surface area contributed by atoms with E-state index >= 15 is 0 Å². The number of piperidine rings is 1. The van der Waals surface area contributed by atoms with Crippen molar-refractivity contribution in [3.8, 4) is 11.3 Å². The Hall–Kier alpha value is -3.27. The molecule has 4 heterocycles. The van der Waals surface area contributed by atoms with Crippen molar-refractivity contribution in [2.45, 2.75) is 64.6 Å². The molecular formula is C31H42N6O3. The molecule has 1 amide bonds. The number of amides is 1. The van der Waals surface area contributed by atoms with Crippen molar-refractivity contribution in [1.29, 1.82) is 0 Å². The average molecular weight is 547 g/mol. The average Bonchev–Trinajstić information content (AvgIpc) is 3.53. The van der Waals surface area contributed by atoms with Crippen LogP contribution >= 0.6 is 0 Å². The predicted molar refractivity (Wildman–Crippen MR) is 157 cm³/mol. The Kier molecular flexibility index (Phi) is 7.99. The Morgan fingerprint density at radius 1 is 1.25 bits per heavy atom. The second kappa shape index (κ2) is 11.3. The summed E-state index contributed by atoms with van der Waals surface area (Å²) in [5.74, 6) is 0.842. The number of likely N-dealkylation sites (N-methyl/N-ethyl adjacent to an activating group) is 1. The van der Waals surface area contributed by atoms with E-state index < -0.39 is 5.60 Å². The first-order valence-corrected chi connectivity index (χ1v) is 14.2. The van der Waals surface area contributed by atoms with Crippen molar-refractivity contribution in [2.75, 3.05) is 40.3 Å². The van der Waals surface area contributed by atoms with E-state index in [0.29, 0.717) is 31.5 Å². The van der Waals surface area contributed by atoms with Crippen LogP contribution in [-0.4, -0.2) is 86.3 Å². The van der Waals surface area contributed by atoms with Gasteiger partial charge < -0.3 is 19.7 Å². The summed E-state index contributed by atoms with van der Waals surface area (Å²) in [5.41, 5.74) is 6.90. The highest BCUT2D eigenvalue weighted by atomic mass is 16.5. The maximum atomic E-state index is 12.7. The summed E-state index contributed by atoms with van der Waals surface area (Å²) in [5, 5.41) is 15.7. The lowest BCUT2D eigenvalue weighted by molar-refractivity contribution is -0.134. The number of carbonyl (C=O) groups is 1. The quantitative estimate of drug-likeness (QED) is 0.320. The number of hydrogen-bond acceptors (Lipinski definition) is 6. The van der Waals surface area contributed by atoms with Gasteiger partial charge in [-0.2, -0.15) is 5.10 Å². The van der Waals surface area contributed by atoms with Crippen LogP contribution in [0.15, 0.2) is 36.8 Å². The standard InChI is InChI=1S/C31H42N6O3/c1-20(2)28-25-14-22(21-9-11-36(12-10-21)16-27(38)35(5)18-31(3,4)39)7-8-26(25)34-29(28)23-13-24(17-40-6)30-32-19-33-37(30)15-23/h7-8,13-15,19-21,34,39H,9-12,16-18H2,1-6H3. The van der Waals surface area contributed by atoms with Crippen LogP contribution < -0.4 is 0 Å². The normalized spacial score (nSPS) is 15.5. The number of aliphatic hydroxyl groups is 1. The molecular weight excluding hydrogens is 504 g/mol. The predicted octanol–water partition coefficient (Wildman–Crippen LogP) is 4.56. The molecule has 0 spiro atoms. The molecule has 1 saturated heterocycles. The van der Waals surface area contributed by atoms with Crippen LogP contribution in [0.1, 0.15) is 69.1 Å². The summed E-state index contributed by atoms with van der Waals surface area (Å²) in [6, 6.07) is 9.00. The van der Waals surface area contributed by atoms with E-state index in [1.165, 1.54) is 16.5 Å². The van der Waals surface area contributed by atoms with Crippen molar-refractivity contribution in [2.24, 2.45) is 0 Å². The molecule has 4 aromatic rings. The lowest BCUT2D eigenvalue weighted by Gasteiger charge is -2.33. The lowest BCUT2D eigenvalue weighted by Crippen LogP contribution is -2.45. The number of methoxy groups -OCH3 is 1. The maximum absolute atomic E-state index is 12.7. The van der Waals surface area contributed by atoms with Crippen molar-refractivity contribution < 1.29 is 14.6 Å². The molecule has 1 aromatic carbocycles. The number of ether oxygens (including phenoxy) is 1. The molecule has 0 bridgehead atoms. The summed E-state index contributed by atoms with van der Waals surface area (Å²) < 4.78 is 7.27. The second-order valence-corrected chi connectivity index (χ2v) is 12.2. The molecule has 3 aromatic heterocycles. The van der Waals surface area contributed by atoms with Crippen molar-refractivity contribution in [3.63, 3.8) is 0 Å². The molecule has 0 unspecified atom stereocenters. The Balaban J connectivity index is 1.37. The number of nitrogens with one attached hydrogen (secondary N) is 1. The summed E-state index contributed by atoms with van der Waals surface area (Å²) >= 11 is 0. The van der Waals surface area contributed by atoms with E-state index in [2.05, 4.69) is 58.1 Å². The van der Waals surface area contributed by atoms with Crippen molar-refractivity contribution in [3.05, 3.63) is 53.5 Å². The molecule has 214 valence electrons. The Morgan fingerprint density at radius 3 is 2.67 bits per heavy atom. The fourth-order valence-electron chi connectivity index (χ4n) is 6.11. The minimum absolute atomic E-state index is 0.0566. The zero-order chi connectivity index (χ0) is 28.6. The number of aromatic nitrogens is 4. The number of fused-ring (bicyclic) bond motifs is 2. The third-order valence-electron chi connectivity index (χ3n) is 7.95. The first-order chi connectivity index (χ1) is 19.0. The summed E-state index contributed by atoms with van der Waals surface area (Å²) in [6.45, 7) is 10.9. The second-order valence-electron chi connectivity index (χ2n) is 12.2. The number of likely N-dealkylation sites (tertiary alicyclic amines) is 1.